The van der Waals surface area contributed by atoms with E-state index in [0.29, 0.717) is 23.7 Å². The zero-order valence-electron chi connectivity index (χ0n) is 34.6. The van der Waals surface area contributed by atoms with Crippen LogP contribution in [-0.2, 0) is 17.9 Å². The first kappa shape index (κ1) is 55.1. The third-order valence-corrected chi connectivity index (χ3v) is 8.42. The molecule has 0 unspecified atom stereocenters. The van der Waals surface area contributed by atoms with Crippen LogP contribution in [0.3, 0.4) is 0 Å². The number of hydrogen-bond donors (Lipinski definition) is 7. The van der Waals surface area contributed by atoms with Gasteiger partial charge in [-0.2, -0.15) is 4.39 Å². The van der Waals surface area contributed by atoms with Gasteiger partial charge in [0.15, 0.2) is 58.0 Å². The second-order valence-electron chi connectivity index (χ2n) is 13.0. The van der Waals surface area contributed by atoms with Gasteiger partial charge in [-0.3, -0.25) is 25.0 Å². The summed E-state index contributed by atoms with van der Waals surface area (Å²) in [5, 5.41) is 59.3. The number of nitrogens with zero attached hydrogens (tertiary/aromatic N) is 6. The van der Waals surface area contributed by atoms with Crippen LogP contribution in [0.5, 0.6) is 0 Å². The number of hydrogen-bond acceptors (Lipinski definition) is 13. The van der Waals surface area contributed by atoms with Crippen molar-refractivity contribution in [2.75, 3.05) is 49.3 Å². The summed E-state index contributed by atoms with van der Waals surface area (Å²) in [6, 6.07) is 9.50. The number of nitro benzene ring substituents is 2. The molecular weight excluding hydrogens is 959 g/mol. The highest BCUT2D eigenvalue weighted by Gasteiger charge is 2.22. The predicted octanol–water partition coefficient (Wildman–Crippen LogP) is 6.95. The number of carbonyl (C=O) groups is 1. The van der Waals surface area contributed by atoms with E-state index in [1.807, 2.05) is 0 Å². The normalized spacial score (nSPS) is 10.4. The van der Waals surface area contributed by atoms with Gasteiger partial charge in [0.1, 0.15) is 17.6 Å². The SMILES string of the molecule is Nc1ccc(F)c(F)c1NCCO.O=C(O)Cn1cnc2ccc(F)c(F)c21.O=[N+]([O-])c1ccc(F)c(F)c1F.O=[N+]([O-])c1ccc(F)c(F)c1NCCO.OCCn1cnc2ccc(F)c(F)c21. The number of fused-ring (bicyclic) bond motifs is 2. The van der Waals surface area contributed by atoms with Gasteiger partial charge in [-0.25, -0.2) is 53.9 Å². The number of aliphatic carboxylic acids is 1. The monoisotopic (exact) mass is 993 g/mol. The molecule has 7 aromatic rings. The fourth-order valence-electron chi connectivity index (χ4n) is 5.36. The summed E-state index contributed by atoms with van der Waals surface area (Å²) in [6.07, 6.45) is 2.55. The molecule has 370 valence electrons. The first-order valence-electron chi connectivity index (χ1n) is 18.8. The molecule has 29 heteroatoms. The average Bonchev–Trinajstić information content (AvgIpc) is 3.92. The molecule has 0 atom stereocenters. The molecule has 0 amide bonds. The molecule has 0 spiro atoms. The fourth-order valence-corrected chi connectivity index (χ4v) is 5.36. The lowest BCUT2D eigenvalue weighted by atomic mass is 10.2. The molecule has 0 radical (unpaired) electrons. The van der Waals surface area contributed by atoms with Crippen molar-refractivity contribution in [1.82, 2.24) is 19.1 Å². The van der Waals surface area contributed by atoms with E-state index < -0.39 is 103 Å². The van der Waals surface area contributed by atoms with Crippen molar-refractivity contribution in [2.45, 2.75) is 13.1 Å². The van der Waals surface area contributed by atoms with Gasteiger partial charge in [0.2, 0.25) is 11.6 Å². The number of aliphatic hydroxyl groups is 3. The van der Waals surface area contributed by atoms with Crippen LogP contribution in [0.25, 0.3) is 22.1 Å². The lowest BCUT2D eigenvalue weighted by Gasteiger charge is -2.08. The minimum absolute atomic E-state index is 0.0960. The number of aliphatic hydroxyl groups excluding tert-OH is 3. The molecule has 2 aromatic heterocycles. The molecule has 0 saturated heterocycles. The summed E-state index contributed by atoms with van der Waals surface area (Å²) >= 11 is 0. The Kier molecular flexibility index (Phi) is 20.5. The number of aromatic nitrogens is 4. The standard InChI is InChI=1S/C9H6F2N2O2.C9H8F2N2O.C8H8F2N2O3.C8H10F2N2O.C6H2F3NO2/c10-5-1-2-6-9(8(5)11)13(4-12-6)3-7(14)15;10-6-1-2-7-9(8(6)11)13(3-4-14)5-12-7;9-5-1-2-6(12(14)15)8(7(5)10)11-3-4-13;9-5-1-2-6(11)8(7(5)10)12-3-4-13;7-3-1-2-4(10(11)12)6(9)5(3)8/h1-2,4H,3H2,(H,14,15);1-2,5,14H,3-4H2;1-2,11,13H,3-4H2;1-2,12-13H,3-4,11H2;1-2H. The fraction of sp³-hybridized carbons (Fsp3) is 0.175. The molecule has 69 heavy (non-hydrogen) atoms. The van der Waals surface area contributed by atoms with E-state index in [0.717, 1.165) is 28.8 Å². The third kappa shape index (κ3) is 14.4. The molecule has 0 aliphatic rings. The van der Waals surface area contributed by atoms with Gasteiger partial charge in [0.25, 0.3) is 5.69 Å². The van der Waals surface area contributed by atoms with Crippen molar-refractivity contribution in [3.05, 3.63) is 158 Å². The van der Waals surface area contributed by atoms with Crippen LogP contribution in [0.15, 0.2) is 73.3 Å². The molecule has 18 nitrogen and oxygen atoms in total. The van der Waals surface area contributed by atoms with E-state index >= 15 is 0 Å². The summed E-state index contributed by atoms with van der Waals surface area (Å²) in [5.41, 5.74) is 3.79. The largest absolute Gasteiger partial charge is 0.480 e. The number of anilines is 3. The second kappa shape index (κ2) is 25.7. The van der Waals surface area contributed by atoms with E-state index in [9.17, 15) is 73.3 Å². The van der Waals surface area contributed by atoms with Gasteiger partial charge in [-0.05, 0) is 48.5 Å². The molecule has 2 heterocycles. The summed E-state index contributed by atoms with van der Waals surface area (Å²) in [7, 11) is 0. The maximum absolute atomic E-state index is 13.3. The number of halogens is 11. The van der Waals surface area contributed by atoms with Gasteiger partial charge >= 0.3 is 11.7 Å². The van der Waals surface area contributed by atoms with Crippen molar-refractivity contribution in [3.8, 4) is 0 Å². The van der Waals surface area contributed by atoms with Crippen LogP contribution in [0.2, 0.25) is 0 Å². The maximum atomic E-state index is 13.3. The van der Waals surface area contributed by atoms with Crippen LogP contribution < -0.4 is 16.4 Å². The zero-order chi connectivity index (χ0) is 51.7. The highest BCUT2D eigenvalue weighted by molar-refractivity contribution is 5.78. The number of imidazole rings is 2. The van der Waals surface area contributed by atoms with Gasteiger partial charge in [-0.1, -0.05) is 0 Å². The van der Waals surface area contributed by atoms with Crippen LogP contribution in [0.1, 0.15) is 0 Å². The van der Waals surface area contributed by atoms with Crippen LogP contribution in [0, 0.1) is 84.2 Å². The summed E-state index contributed by atoms with van der Waals surface area (Å²) in [5.74, 6) is -14.6. The number of nitrogens with two attached hydrogens (primary N) is 1. The number of nitrogen functional groups attached to an aromatic ring is 1. The minimum atomic E-state index is -1.83. The van der Waals surface area contributed by atoms with Gasteiger partial charge in [0, 0.05) is 31.8 Å². The molecule has 8 N–H and O–H groups in total. The Labute approximate surface area is 378 Å². The summed E-state index contributed by atoms with van der Waals surface area (Å²) in [4.78, 5) is 36.6. The highest BCUT2D eigenvalue weighted by Crippen LogP contribution is 2.29. The Hall–Kier alpha value is -8.18. The molecular formula is C40H34F11N9O9. The first-order valence-corrected chi connectivity index (χ1v) is 18.8. The second-order valence-corrected chi connectivity index (χ2v) is 13.0. The smallest absolute Gasteiger partial charge is 0.323 e. The van der Waals surface area contributed by atoms with Crippen molar-refractivity contribution in [2.24, 2.45) is 0 Å². The number of rotatable bonds is 12. The topological polar surface area (TPSA) is 270 Å². The number of nitrogens with one attached hydrogen (secondary N) is 2. The molecule has 0 saturated carbocycles. The van der Waals surface area contributed by atoms with Crippen LogP contribution in [-0.4, -0.2) is 88.3 Å². The minimum Gasteiger partial charge on any atom is -0.480 e. The Morgan fingerprint density at radius 2 is 0.957 bits per heavy atom. The lowest BCUT2D eigenvalue weighted by Crippen LogP contribution is -2.10. The summed E-state index contributed by atoms with van der Waals surface area (Å²) in [6.45, 7) is -0.858. The van der Waals surface area contributed by atoms with Crippen molar-refractivity contribution in [3.63, 3.8) is 0 Å². The van der Waals surface area contributed by atoms with E-state index in [1.165, 1.54) is 35.4 Å². The summed E-state index contributed by atoms with van der Waals surface area (Å²) < 4.78 is 143. The van der Waals surface area contributed by atoms with Gasteiger partial charge in [0.05, 0.1) is 64.7 Å². The van der Waals surface area contributed by atoms with Gasteiger partial charge in [-0.15, -0.1) is 0 Å². The van der Waals surface area contributed by atoms with Gasteiger partial charge < -0.3 is 45.9 Å². The maximum Gasteiger partial charge on any atom is 0.323 e. The van der Waals surface area contributed by atoms with Crippen molar-refractivity contribution in [1.29, 1.82) is 0 Å². The zero-order valence-corrected chi connectivity index (χ0v) is 34.6. The molecule has 5 aromatic carbocycles. The molecule has 0 aliphatic heterocycles. The van der Waals surface area contributed by atoms with Crippen molar-refractivity contribution >= 4 is 56.5 Å². The predicted molar refractivity (Wildman–Crippen MR) is 222 cm³/mol. The average molecular weight is 994 g/mol. The Bertz CT molecular complexity index is 2930. The van der Waals surface area contributed by atoms with E-state index in [1.54, 1.807) is 0 Å². The highest BCUT2D eigenvalue weighted by atomic mass is 19.2. The quantitative estimate of drug-likeness (QED) is 0.0215. The van der Waals surface area contributed by atoms with Crippen LogP contribution in [0.4, 0.5) is 76.7 Å². The molecule has 7 rings (SSSR count). The first-order chi connectivity index (χ1) is 32.6. The van der Waals surface area contributed by atoms with E-state index in [4.69, 9.17) is 26.2 Å². The number of nitro groups is 2. The van der Waals surface area contributed by atoms with Crippen molar-refractivity contribution < 1.29 is 83.4 Å². The number of carboxylic acids is 1. The van der Waals surface area contributed by atoms with E-state index in [-0.39, 0.29) is 67.4 Å². The number of carboxylic acid groups (broad SMARTS) is 1. The molecule has 0 fully saturated rings. The third-order valence-electron chi connectivity index (χ3n) is 8.42. The lowest BCUT2D eigenvalue weighted by molar-refractivity contribution is -0.387. The number of benzene rings is 5. The van der Waals surface area contributed by atoms with Crippen LogP contribution >= 0.6 is 0 Å². The molecule has 0 bridgehead atoms. The molecule has 0 aliphatic carbocycles. The van der Waals surface area contributed by atoms with E-state index in [2.05, 4.69) is 20.6 Å². The Morgan fingerprint density at radius 3 is 1.43 bits per heavy atom. The Morgan fingerprint density at radius 1 is 0.551 bits per heavy atom. The Balaban J connectivity index is 0.000000229.